The third kappa shape index (κ3) is 5.24. The molecule has 0 spiro atoms. The largest absolute Gasteiger partial charge is 0.462 e. The number of hydrogen-bond acceptors (Lipinski definition) is 4. The summed E-state index contributed by atoms with van der Waals surface area (Å²) in [5, 5.41) is 5.38. The molecular weight excluding hydrogens is 498 g/mol. The Morgan fingerprint density at radius 1 is 0.909 bits per heavy atom. The van der Waals surface area contributed by atoms with Crippen LogP contribution in [0.15, 0.2) is 94.8 Å². The number of hydrogen-bond donors (Lipinski definition) is 1. The summed E-state index contributed by atoms with van der Waals surface area (Å²) >= 11 is 4.76. The second-order valence-electron chi connectivity index (χ2n) is 7.32. The first kappa shape index (κ1) is 23.0. The van der Waals surface area contributed by atoms with Crippen molar-refractivity contribution in [3.8, 4) is 11.1 Å². The predicted molar refractivity (Wildman–Crippen MR) is 137 cm³/mol. The van der Waals surface area contributed by atoms with E-state index in [4.69, 9.17) is 4.74 Å². The van der Waals surface area contributed by atoms with Gasteiger partial charge in [-0.1, -0.05) is 88.7 Å². The quantitative estimate of drug-likeness (QED) is 0.264. The number of carbonyl (C=O) groups is 2. The number of esters is 1. The zero-order chi connectivity index (χ0) is 23.2. The average molecular weight is 520 g/mol. The van der Waals surface area contributed by atoms with E-state index in [9.17, 15) is 9.59 Å². The normalized spacial score (nSPS) is 10.8. The van der Waals surface area contributed by atoms with Gasteiger partial charge in [0.1, 0.15) is 10.6 Å². The molecule has 1 N–H and O–H groups in total. The van der Waals surface area contributed by atoms with E-state index in [2.05, 4.69) is 21.2 Å². The molecular formula is C27H22BrNO3S. The molecule has 0 aliphatic carbocycles. The monoisotopic (exact) mass is 519 g/mol. The highest BCUT2D eigenvalue weighted by Gasteiger charge is 2.27. The first-order chi connectivity index (χ1) is 16.1. The number of carbonyl (C=O) groups excluding carboxylic acids is 2. The molecule has 1 amide bonds. The number of benzene rings is 3. The van der Waals surface area contributed by atoms with Gasteiger partial charge < -0.3 is 10.1 Å². The van der Waals surface area contributed by atoms with Crippen molar-refractivity contribution in [3.05, 3.63) is 111 Å². The van der Waals surface area contributed by atoms with E-state index in [-0.39, 0.29) is 12.5 Å². The summed E-state index contributed by atoms with van der Waals surface area (Å²) in [6.07, 6.45) is 0. The molecule has 0 fully saturated rings. The summed E-state index contributed by atoms with van der Waals surface area (Å²) in [6, 6.07) is 26.9. The minimum Gasteiger partial charge on any atom is -0.462 e. The molecule has 0 atom stereocenters. The number of anilines is 1. The molecule has 3 aromatic carbocycles. The molecule has 1 heterocycles. The molecule has 4 rings (SSSR count). The molecule has 4 aromatic rings. The summed E-state index contributed by atoms with van der Waals surface area (Å²) < 4.78 is 6.28. The van der Waals surface area contributed by atoms with Crippen molar-refractivity contribution >= 4 is 44.1 Å². The highest BCUT2D eigenvalue weighted by Crippen LogP contribution is 2.38. The van der Waals surface area contributed by atoms with Crippen molar-refractivity contribution in [1.82, 2.24) is 0 Å². The van der Waals surface area contributed by atoms with Crippen molar-refractivity contribution in [3.63, 3.8) is 0 Å². The van der Waals surface area contributed by atoms with Crippen LogP contribution in [0.4, 0.5) is 5.00 Å². The van der Waals surface area contributed by atoms with Crippen molar-refractivity contribution in [2.24, 2.45) is 0 Å². The van der Waals surface area contributed by atoms with Crippen LogP contribution in [0.3, 0.4) is 0 Å². The van der Waals surface area contributed by atoms with Gasteiger partial charge in [0.2, 0.25) is 5.91 Å². The first-order valence-corrected chi connectivity index (χ1v) is 12.2. The second kappa shape index (κ2) is 10.6. The van der Waals surface area contributed by atoms with E-state index in [1.807, 2.05) is 90.3 Å². The van der Waals surface area contributed by atoms with Gasteiger partial charge in [-0.15, -0.1) is 11.3 Å². The van der Waals surface area contributed by atoms with Gasteiger partial charge in [0, 0.05) is 15.4 Å². The number of ether oxygens (including phenoxy) is 1. The Kier molecular flexibility index (Phi) is 7.37. The van der Waals surface area contributed by atoms with E-state index in [0.717, 1.165) is 26.7 Å². The van der Waals surface area contributed by atoms with Crippen LogP contribution in [0.1, 0.15) is 34.3 Å². The molecule has 0 aliphatic heterocycles. The Morgan fingerprint density at radius 2 is 1.48 bits per heavy atom. The Hall–Kier alpha value is -3.22. The van der Waals surface area contributed by atoms with Crippen LogP contribution in [0, 0.1) is 0 Å². The van der Waals surface area contributed by atoms with Crippen LogP contribution < -0.4 is 5.32 Å². The predicted octanol–water partition coefficient (Wildman–Crippen LogP) is 7.12. The second-order valence-corrected chi connectivity index (χ2v) is 9.12. The number of rotatable bonds is 7. The highest BCUT2D eigenvalue weighted by molar-refractivity contribution is 9.10. The molecule has 0 bridgehead atoms. The smallest absolute Gasteiger partial charge is 0.341 e. The average Bonchev–Trinajstić information content (AvgIpc) is 3.25. The number of halogens is 1. The number of amides is 1. The van der Waals surface area contributed by atoms with Gasteiger partial charge in [-0.05, 0) is 35.7 Å². The van der Waals surface area contributed by atoms with E-state index < -0.39 is 11.9 Å². The lowest BCUT2D eigenvalue weighted by molar-refractivity contribution is -0.116. The van der Waals surface area contributed by atoms with E-state index >= 15 is 0 Å². The van der Waals surface area contributed by atoms with Gasteiger partial charge >= 0.3 is 5.97 Å². The summed E-state index contributed by atoms with van der Waals surface area (Å²) in [4.78, 5) is 26.5. The fourth-order valence-electron chi connectivity index (χ4n) is 3.67. The van der Waals surface area contributed by atoms with Gasteiger partial charge in [-0.3, -0.25) is 4.79 Å². The molecule has 4 nitrogen and oxygen atoms in total. The van der Waals surface area contributed by atoms with Gasteiger partial charge in [0.05, 0.1) is 12.5 Å². The van der Waals surface area contributed by atoms with E-state index in [1.54, 1.807) is 6.92 Å². The summed E-state index contributed by atoms with van der Waals surface area (Å²) in [5.74, 6) is -1.18. The maximum atomic E-state index is 13.6. The van der Waals surface area contributed by atoms with Gasteiger partial charge in [0.25, 0.3) is 0 Å². The number of nitrogens with one attached hydrogen (secondary N) is 1. The molecule has 0 unspecified atom stereocenters. The third-order valence-corrected chi connectivity index (χ3v) is 6.61. The zero-order valence-electron chi connectivity index (χ0n) is 18.0. The Balaban J connectivity index is 1.73. The minimum atomic E-state index is -0.513. The molecule has 1 aromatic heterocycles. The third-order valence-electron chi connectivity index (χ3n) is 5.19. The van der Waals surface area contributed by atoms with Crippen LogP contribution in [0.25, 0.3) is 11.1 Å². The van der Waals surface area contributed by atoms with E-state index in [1.165, 1.54) is 11.3 Å². The van der Waals surface area contributed by atoms with Crippen molar-refractivity contribution in [2.75, 3.05) is 11.9 Å². The molecule has 0 aliphatic rings. The van der Waals surface area contributed by atoms with Crippen molar-refractivity contribution in [2.45, 2.75) is 12.8 Å². The molecule has 0 saturated carbocycles. The Bertz CT molecular complexity index is 1200. The van der Waals surface area contributed by atoms with Crippen molar-refractivity contribution in [1.29, 1.82) is 0 Å². The first-order valence-electron chi connectivity index (χ1n) is 10.5. The molecule has 0 saturated heterocycles. The minimum absolute atomic E-state index is 0.206. The topological polar surface area (TPSA) is 55.4 Å². The SMILES string of the molecule is CCOC(=O)c1c(-c2ccc(Br)cc2)csc1NC(=O)C(c1ccccc1)c1ccccc1. The molecule has 0 radical (unpaired) electrons. The standard InChI is InChI=1S/C27H22BrNO3S/c1-2-32-27(31)24-22(18-13-15-21(28)16-14-18)17-33-26(24)29-25(30)23(19-9-5-3-6-10-19)20-11-7-4-8-12-20/h3-17,23H,2H2,1H3,(H,29,30). The fourth-order valence-corrected chi connectivity index (χ4v) is 4.89. The molecule has 166 valence electrons. The van der Waals surface area contributed by atoms with Crippen LogP contribution in [0.5, 0.6) is 0 Å². The Labute approximate surface area is 205 Å². The zero-order valence-corrected chi connectivity index (χ0v) is 20.4. The van der Waals surface area contributed by atoms with Crippen molar-refractivity contribution < 1.29 is 14.3 Å². The lowest BCUT2D eigenvalue weighted by Gasteiger charge is -2.18. The van der Waals surface area contributed by atoms with Crippen LogP contribution in [-0.2, 0) is 9.53 Å². The summed E-state index contributed by atoms with van der Waals surface area (Å²) in [7, 11) is 0. The maximum absolute atomic E-state index is 13.6. The van der Waals surface area contributed by atoms with Crippen LogP contribution >= 0.6 is 27.3 Å². The lowest BCUT2D eigenvalue weighted by Crippen LogP contribution is -2.23. The van der Waals surface area contributed by atoms with Gasteiger partial charge in [0.15, 0.2) is 0 Å². The highest BCUT2D eigenvalue weighted by atomic mass is 79.9. The van der Waals surface area contributed by atoms with Crippen LogP contribution in [0.2, 0.25) is 0 Å². The maximum Gasteiger partial charge on any atom is 0.341 e. The lowest BCUT2D eigenvalue weighted by atomic mass is 9.90. The summed E-state index contributed by atoms with van der Waals surface area (Å²) in [5.41, 5.74) is 3.74. The number of thiophene rings is 1. The van der Waals surface area contributed by atoms with E-state index in [0.29, 0.717) is 10.6 Å². The summed E-state index contributed by atoms with van der Waals surface area (Å²) in [6.45, 7) is 2.02. The Morgan fingerprint density at radius 3 is 2.03 bits per heavy atom. The fraction of sp³-hybridized carbons (Fsp3) is 0.111. The van der Waals surface area contributed by atoms with Gasteiger partial charge in [-0.2, -0.15) is 0 Å². The molecule has 6 heteroatoms. The van der Waals surface area contributed by atoms with Gasteiger partial charge in [-0.25, -0.2) is 4.79 Å². The molecule has 33 heavy (non-hydrogen) atoms. The van der Waals surface area contributed by atoms with Crippen LogP contribution in [-0.4, -0.2) is 18.5 Å².